The monoisotopic (exact) mass is 279 g/mol. The normalized spacial score (nSPS) is 9.50. The van der Waals surface area contributed by atoms with E-state index in [-0.39, 0.29) is 16.4 Å². The molecule has 18 heavy (non-hydrogen) atoms. The second-order valence-corrected chi connectivity index (χ2v) is 3.29. The van der Waals surface area contributed by atoms with Gasteiger partial charge in [0.15, 0.2) is 0 Å². The van der Waals surface area contributed by atoms with E-state index in [1.54, 1.807) is 0 Å². The molecule has 1 rings (SSSR count). The number of carbonyl (C=O) groups excluding carboxylic acids is 1. The molecule has 0 saturated heterocycles. The van der Waals surface area contributed by atoms with Crippen LogP contribution in [0.2, 0.25) is 5.15 Å². The van der Waals surface area contributed by atoms with Crippen LogP contribution in [0.25, 0.3) is 0 Å². The number of carbonyl (C=O) groups is 1. The van der Waals surface area contributed by atoms with Crippen LogP contribution in [0.4, 0.5) is 14.5 Å². The lowest BCUT2D eigenvalue weighted by Gasteiger charge is -2.10. The molecule has 0 radical (unpaired) electrons. The number of nitrogens with one attached hydrogen (secondary N) is 2. The van der Waals surface area contributed by atoms with E-state index in [9.17, 15) is 13.6 Å². The highest BCUT2D eigenvalue weighted by Crippen LogP contribution is 2.18. The molecule has 102 valence electrons. The van der Waals surface area contributed by atoms with Gasteiger partial charge in [0.2, 0.25) is 0 Å². The van der Waals surface area contributed by atoms with Gasteiger partial charge in [0, 0.05) is 13.2 Å². The van der Waals surface area contributed by atoms with Crippen molar-refractivity contribution in [3.63, 3.8) is 0 Å². The fourth-order valence-corrected chi connectivity index (χ4v) is 1.24. The van der Waals surface area contributed by atoms with Crippen molar-refractivity contribution >= 4 is 23.2 Å². The molecule has 0 bridgehead atoms. The van der Waals surface area contributed by atoms with Crippen molar-refractivity contribution in [2.75, 3.05) is 18.9 Å². The van der Waals surface area contributed by atoms with E-state index in [2.05, 4.69) is 15.6 Å². The lowest BCUT2D eigenvalue weighted by molar-refractivity contribution is 0.0963. The number of rotatable bonds is 4. The Bertz CT molecular complexity index is 389. The maximum Gasteiger partial charge on any atom is 0.255 e. The Morgan fingerprint density at radius 3 is 2.61 bits per heavy atom. The summed E-state index contributed by atoms with van der Waals surface area (Å²) in [6, 6.07) is 1.33. The lowest BCUT2D eigenvalue weighted by atomic mass is 10.2. The number of pyridine rings is 1. The Balaban J connectivity index is 0.00000137. The summed E-state index contributed by atoms with van der Waals surface area (Å²) in [5.74, 6) is -0.416. The summed E-state index contributed by atoms with van der Waals surface area (Å²) < 4.78 is 24.0. The third-order valence-corrected chi connectivity index (χ3v) is 2.00. The number of alkyl halides is 2. The second-order valence-electron chi connectivity index (χ2n) is 2.90. The highest BCUT2D eigenvalue weighted by molar-refractivity contribution is 6.29. The number of hydrogen-bond donors (Lipinski definition) is 2. The van der Waals surface area contributed by atoms with Gasteiger partial charge in [-0.2, -0.15) is 0 Å². The van der Waals surface area contributed by atoms with Gasteiger partial charge >= 0.3 is 0 Å². The maximum atomic E-state index is 12.0. The first-order valence-electron chi connectivity index (χ1n) is 5.44. The van der Waals surface area contributed by atoms with Crippen LogP contribution in [0, 0.1) is 0 Å². The zero-order valence-corrected chi connectivity index (χ0v) is 11.2. The van der Waals surface area contributed by atoms with Crippen LogP contribution in [0.3, 0.4) is 0 Å². The Hall–Kier alpha value is -1.43. The van der Waals surface area contributed by atoms with Crippen molar-refractivity contribution in [2.45, 2.75) is 20.3 Å². The minimum Gasteiger partial charge on any atom is -0.379 e. The van der Waals surface area contributed by atoms with E-state index in [4.69, 9.17) is 11.6 Å². The fraction of sp³-hybridized carbons (Fsp3) is 0.455. The van der Waals surface area contributed by atoms with Gasteiger partial charge in [-0.1, -0.05) is 25.4 Å². The molecule has 0 aliphatic carbocycles. The molecule has 0 aliphatic rings. The van der Waals surface area contributed by atoms with Gasteiger partial charge in [0.25, 0.3) is 12.3 Å². The van der Waals surface area contributed by atoms with E-state index in [1.807, 2.05) is 13.8 Å². The number of anilines is 1. The standard InChI is InChI=1S/C9H10ClF2N3O.C2H6/c1-13-9(16)5-3-15-7(10)2-6(5)14-4-8(11)12;1-2/h2-3,8H,4H2,1H3,(H,13,16)(H,14,15);1-2H3. The summed E-state index contributed by atoms with van der Waals surface area (Å²) in [7, 11) is 1.44. The number of amides is 1. The largest absolute Gasteiger partial charge is 0.379 e. The van der Waals surface area contributed by atoms with Gasteiger partial charge in [-0.15, -0.1) is 0 Å². The van der Waals surface area contributed by atoms with Gasteiger partial charge in [-0.3, -0.25) is 4.79 Å². The third-order valence-electron chi connectivity index (χ3n) is 1.79. The van der Waals surface area contributed by atoms with E-state index >= 15 is 0 Å². The molecule has 1 aromatic rings. The Labute approximate surface area is 110 Å². The van der Waals surface area contributed by atoms with E-state index < -0.39 is 18.9 Å². The molecule has 4 nitrogen and oxygen atoms in total. The lowest BCUT2D eigenvalue weighted by Crippen LogP contribution is -2.21. The molecule has 1 aromatic heterocycles. The molecule has 0 atom stereocenters. The van der Waals surface area contributed by atoms with Crippen LogP contribution >= 0.6 is 11.6 Å². The summed E-state index contributed by atoms with van der Waals surface area (Å²) in [4.78, 5) is 15.1. The van der Waals surface area contributed by atoms with Crippen molar-refractivity contribution in [3.05, 3.63) is 23.0 Å². The highest BCUT2D eigenvalue weighted by atomic mass is 35.5. The van der Waals surface area contributed by atoms with Crippen molar-refractivity contribution in [1.29, 1.82) is 0 Å². The van der Waals surface area contributed by atoms with Crippen molar-refractivity contribution in [2.24, 2.45) is 0 Å². The average molecular weight is 280 g/mol. The number of aromatic nitrogens is 1. The van der Waals surface area contributed by atoms with Gasteiger partial charge in [-0.05, 0) is 6.07 Å². The van der Waals surface area contributed by atoms with Crippen LogP contribution in [0.1, 0.15) is 24.2 Å². The Morgan fingerprint density at radius 1 is 1.50 bits per heavy atom. The minimum atomic E-state index is -2.51. The highest BCUT2D eigenvalue weighted by Gasteiger charge is 2.12. The van der Waals surface area contributed by atoms with Gasteiger partial charge < -0.3 is 10.6 Å². The first-order valence-corrected chi connectivity index (χ1v) is 5.82. The molecule has 2 N–H and O–H groups in total. The van der Waals surface area contributed by atoms with Crippen LogP contribution in [0.15, 0.2) is 12.3 Å². The fourth-order valence-electron chi connectivity index (χ4n) is 1.08. The molecule has 1 heterocycles. The SMILES string of the molecule is CC.CNC(=O)c1cnc(Cl)cc1NCC(F)F. The summed E-state index contributed by atoms with van der Waals surface area (Å²) in [5.41, 5.74) is 0.409. The first-order chi connectivity index (χ1) is 8.54. The van der Waals surface area contributed by atoms with Crippen molar-refractivity contribution in [3.8, 4) is 0 Å². The molecule has 7 heteroatoms. The Morgan fingerprint density at radius 2 is 2.11 bits per heavy atom. The van der Waals surface area contributed by atoms with Crippen molar-refractivity contribution in [1.82, 2.24) is 10.3 Å². The Kier molecular flexibility index (Phi) is 7.94. The summed E-state index contributed by atoms with van der Waals surface area (Å²) >= 11 is 5.61. The second kappa shape index (κ2) is 8.63. The first kappa shape index (κ1) is 16.6. The number of nitrogens with zero attached hydrogens (tertiary/aromatic N) is 1. The number of hydrogen-bond acceptors (Lipinski definition) is 3. The molecular weight excluding hydrogens is 264 g/mol. The zero-order valence-electron chi connectivity index (χ0n) is 10.4. The topological polar surface area (TPSA) is 54.0 Å². The average Bonchev–Trinajstić information content (AvgIpc) is 2.38. The minimum absolute atomic E-state index is 0.129. The molecule has 0 spiro atoms. The van der Waals surface area contributed by atoms with Crippen molar-refractivity contribution < 1.29 is 13.6 Å². The van der Waals surface area contributed by atoms with Gasteiger partial charge in [-0.25, -0.2) is 13.8 Å². The van der Waals surface area contributed by atoms with Gasteiger partial charge in [0.1, 0.15) is 5.15 Å². The van der Waals surface area contributed by atoms with Crippen LogP contribution in [-0.2, 0) is 0 Å². The number of halogens is 3. The molecule has 0 aromatic carbocycles. The molecule has 0 aliphatic heterocycles. The summed E-state index contributed by atoms with van der Waals surface area (Å²) in [6.45, 7) is 3.45. The zero-order chi connectivity index (χ0) is 14.1. The smallest absolute Gasteiger partial charge is 0.255 e. The summed E-state index contributed by atoms with van der Waals surface area (Å²) in [6.07, 6.45) is -1.28. The molecular formula is C11H16ClF2N3O. The molecule has 0 fully saturated rings. The predicted octanol–water partition coefficient (Wildman–Crippen LogP) is 2.80. The van der Waals surface area contributed by atoms with E-state index in [0.29, 0.717) is 0 Å². The third kappa shape index (κ3) is 5.27. The molecule has 1 amide bonds. The summed E-state index contributed by atoms with van der Waals surface area (Å²) in [5, 5.41) is 4.94. The van der Waals surface area contributed by atoms with Gasteiger partial charge in [0.05, 0.1) is 17.8 Å². The molecule has 0 saturated carbocycles. The van der Waals surface area contributed by atoms with Crippen LogP contribution < -0.4 is 10.6 Å². The van der Waals surface area contributed by atoms with E-state index in [1.165, 1.54) is 19.3 Å². The molecule has 0 unspecified atom stereocenters. The van der Waals surface area contributed by atoms with Crippen LogP contribution in [-0.4, -0.2) is 30.9 Å². The predicted molar refractivity (Wildman–Crippen MR) is 68.5 cm³/mol. The van der Waals surface area contributed by atoms with Crippen LogP contribution in [0.5, 0.6) is 0 Å². The maximum absolute atomic E-state index is 12.0. The van der Waals surface area contributed by atoms with E-state index in [0.717, 1.165) is 0 Å². The quantitative estimate of drug-likeness (QED) is 0.833.